The molecule has 2 aliphatic rings. The highest BCUT2D eigenvalue weighted by atomic mass is 16.5. The molecule has 4 unspecified atom stereocenters. The van der Waals surface area contributed by atoms with Crippen LogP contribution in [0.3, 0.4) is 0 Å². The van der Waals surface area contributed by atoms with Gasteiger partial charge in [-0.15, -0.1) is 6.58 Å². The van der Waals surface area contributed by atoms with E-state index in [2.05, 4.69) is 32.6 Å². The van der Waals surface area contributed by atoms with E-state index in [0.29, 0.717) is 17.4 Å². The minimum atomic E-state index is 0.375. The first-order chi connectivity index (χ1) is 8.63. The van der Waals surface area contributed by atoms with Crippen molar-refractivity contribution in [3.63, 3.8) is 0 Å². The molecule has 1 fully saturated rings. The summed E-state index contributed by atoms with van der Waals surface area (Å²) < 4.78 is 5.77. The fourth-order valence-electron chi connectivity index (χ4n) is 4.40. The number of rotatable bonds is 4. The molecule has 0 aromatic carbocycles. The molecule has 0 radical (unpaired) electrons. The van der Waals surface area contributed by atoms with Gasteiger partial charge < -0.3 is 4.74 Å². The van der Waals surface area contributed by atoms with Gasteiger partial charge in [-0.2, -0.15) is 0 Å². The molecule has 0 aliphatic heterocycles. The molecule has 18 heavy (non-hydrogen) atoms. The fourth-order valence-corrected chi connectivity index (χ4v) is 4.40. The summed E-state index contributed by atoms with van der Waals surface area (Å²) in [5.41, 5.74) is 2.06. The number of hydrogen-bond donors (Lipinski definition) is 0. The number of allylic oxidation sites excluding steroid dienone is 3. The maximum Gasteiger partial charge on any atom is 0.0607 e. The molecule has 0 heterocycles. The second-order valence-electron chi connectivity index (χ2n) is 6.35. The second-order valence-corrected chi connectivity index (χ2v) is 6.35. The van der Waals surface area contributed by atoms with Gasteiger partial charge in [-0.25, -0.2) is 0 Å². The van der Waals surface area contributed by atoms with E-state index in [0.717, 1.165) is 12.3 Å². The highest BCUT2D eigenvalue weighted by Crippen LogP contribution is 2.54. The zero-order chi connectivity index (χ0) is 13.2. The molecule has 4 atom stereocenters. The summed E-state index contributed by atoms with van der Waals surface area (Å²) in [6.07, 6.45) is 12.6. The van der Waals surface area contributed by atoms with E-state index in [1.807, 2.05) is 7.11 Å². The molecule has 102 valence electrons. The highest BCUT2D eigenvalue weighted by Gasteiger charge is 2.46. The molecule has 0 aromatic rings. The first-order valence-electron chi connectivity index (χ1n) is 7.47. The third kappa shape index (κ3) is 2.30. The molecule has 1 nitrogen and oxygen atoms in total. The molecule has 2 aliphatic carbocycles. The zero-order valence-corrected chi connectivity index (χ0v) is 12.2. The summed E-state index contributed by atoms with van der Waals surface area (Å²) in [6.45, 7) is 8.74. The SMILES string of the molecule is C=CCC(C)C1=CCCC2C(OC)CCCC12C. The van der Waals surface area contributed by atoms with Crippen LogP contribution in [0.15, 0.2) is 24.3 Å². The van der Waals surface area contributed by atoms with E-state index in [-0.39, 0.29) is 0 Å². The summed E-state index contributed by atoms with van der Waals surface area (Å²) in [6, 6.07) is 0. The maximum absolute atomic E-state index is 5.77. The highest BCUT2D eigenvalue weighted by molar-refractivity contribution is 5.23. The number of hydrogen-bond acceptors (Lipinski definition) is 1. The lowest BCUT2D eigenvalue weighted by atomic mass is 9.56. The third-order valence-corrected chi connectivity index (χ3v) is 5.31. The molecule has 0 spiro atoms. The van der Waals surface area contributed by atoms with E-state index < -0.39 is 0 Å². The van der Waals surface area contributed by atoms with E-state index in [1.54, 1.807) is 5.57 Å². The van der Waals surface area contributed by atoms with Crippen molar-refractivity contribution >= 4 is 0 Å². The van der Waals surface area contributed by atoms with Crippen molar-refractivity contribution in [2.45, 2.75) is 58.5 Å². The Morgan fingerprint density at radius 2 is 2.33 bits per heavy atom. The van der Waals surface area contributed by atoms with Gasteiger partial charge in [0.05, 0.1) is 6.10 Å². The van der Waals surface area contributed by atoms with E-state index >= 15 is 0 Å². The lowest BCUT2D eigenvalue weighted by Crippen LogP contribution is -2.45. The van der Waals surface area contributed by atoms with Gasteiger partial charge >= 0.3 is 0 Å². The van der Waals surface area contributed by atoms with Crippen LogP contribution in [0.1, 0.15) is 52.4 Å². The summed E-state index contributed by atoms with van der Waals surface area (Å²) in [5, 5.41) is 0. The quantitative estimate of drug-likeness (QED) is 0.653. The molecule has 0 saturated heterocycles. The first-order valence-corrected chi connectivity index (χ1v) is 7.47. The first kappa shape index (κ1) is 13.9. The van der Waals surface area contributed by atoms with Crippen LogP contribution in [0.2, 0.25) is 0 Å². The van der Waals surface area contributed by atoms with Crippen LogP contribution in [-0.4, -0.2) is 13.2 Å². The maximum atomic E-state index is 5.77. The van der Waals surface area contributed by atoms with Crippen molar-refractivity contribution in [1.29, 1.82) is 0 Å². The zero-order valence-electron chi connectivity index (χ0n) is 12.2. The van der Waals surface area contributed by atoms with Crippen molar-refractivity contribution in [3.05, 3.63) is 24.3 Å². The average molecular weight is 248 g/mol. The molecule has 0 amide bonds. The van der Waals surface area contributed by atoms with Crippen LogP contribution < -0.4 is 0 Å². The molecule has 0 aromatic heterocycles. The Morgan fingerprint density at radius 3 is 3.00 bits per heavy atom. The number of ether oxygens (including phenoxy) is 1. The molecular formula is C17H28O. The van der Waals surface area contributed by atoms with Crippen molar-refractivity contribution in [2.75, 3.05) is 7.11 Å². The Kier molecular flexibility index (Phi) is 4.32. The van der Waals surface area contributed by atoms with E-state index in [1.165, 1.54) is 32.1 Å². The minimum absolute atomic E-state index is 0.375. The lowest BCUT2D eigenvalue weighted by Gasteiger charge is -2.51. The smallest absolute Gasteiger partial charge is 0.0607 e. The van der Waals surface area contributed by atoms with Gasteiger partial charge in [0.2, 0.25) is 0 Å². The molecule has 0 bridgehead atoms. The van der Waals surface area contributed by atoms with Gasteiger partial charge in [-0.05, 0) is 55.8 Å². The standard InChI is InChI=1S/C17H28O/c1-5-8-13(2)14-9-6-10-15-16(18-4)11-7-12-17(14,15)3/h5,9,13,15-16H,1,6-8,10-12H2,2-4H3. The Bertz CT molecular complexity index is 331. The number of methoxy groups -OCH3 is 1. The Morgan fingerprint density at radius 1 is 1.56 bits per heavy atom. The van der Waals surface area contributed by atoms with E-state index in [4.69, 9.17) is 4.74 Å². The molecule has 1 heteroatoms. The van der Waals surface area contributed by atoms with Crippen LogP contribution in [0, 0.1) is 17.3 Å². The van der Waals surface area contributed by atoms with Crippen molar-refractivity contribution in [2.24, 2.45) is 17.3 Å². The fraction of sp³-hybridized carbons (Fsp3) is 0.765. The van der Waals surface area contributed by atoms with Gasteiger partial charge in [-0.1, -0.05) is 31.6 Å². The molecule has 1 saturated carbocycles. The van der Waals surface area contributed by atoms with Crippen LogP contribution in [0.25, 0.3) is 0 Å². The topological polar surface area (TPSA) is 9.23 Å². The number of fused-ring (bicyclic) bond motifs is 1. The van der Waals surface area contributed by atoms with Crippen LogP contribution in [-0.2, 0) is 4.74 Å². The molecular weight excluding hydrogens is 220 g/mol. The van der Waals surface area contributed by atoms with Crippen molar-refractivity contribution < 1.29 is 4.74 Å². The summed E-state index contributed by atoms with van der Waals surface area (Å²) in [5.74, 6) is 1.37. The monoisotopic (exact) mass is 248 g/mol. The third-order valence-electron chi connectivity index (χ3n) is 5.31. The predicted molar refractivity (Wildman–Crippen MR) is 77.5 cm³/mol. The van der Waals surface area contributed by atoms with Gasteiger partial charge in [0.25, 0.3) is 0 Å². The van der Waals surface area contributed by atoms with Crippen LogP contribution >= 0.6 is 0 Å². The summed E-state index contributed by atoms with van der Waals surface area (Å²) >= 11 is 0. The van der Waals surface area contributed by atoms with Crippen molar-refractivity contribution in [3.8, 4) is 0 Å². The minimum Gasteiger partial charge on any atom is -0.381 e. The van der Waals surface area contributed by atoms with Gasteiger partial charge in [-0.3, -0.25) is 0 Å². The summed E-state index contributed by atoms with van der Waals surface area (Å²) in [7, 11) is 1.89. The van der Waals surface area contributed by atoms with Gasteiger partial charge in [0, 0.05) is 7.11 Å². The Balaban J connectivity index is 2.26. The normalized spacial score (nSPS) is 37.6. The van der Waals surface area contributed by atoms with Gasteiger partial charge in [0.1, 0.15) is 0 Å². The van der Waals surface area contributed by atoms with Crippen LogP contribution in [0.5, 0.6) is 0 Å². The molecule has 0 N–H and O–H groups in total. The van der Waals surface area contributed by atoms with Crippen LogP contribution in [0.4, 0.5) is 0 Å². The molecule has 2 rings (SSSR count). The van der Waals surface area contributed by atoms with Gasteiger partial charge in [0.15, 0.2) is 0 Å². The lowest BCUT2D eigenvalue weighted by molar-refractivity contribution is -0.0400. The van der Waals surface area contributed by atoms with E-state index in [9.17, 15) is 0 Å². The largest absolute Gasteiger partial charge is 0.381 e. The Hall–Kier alpha value is -0.560. The van der Waals surface area contributed by atoms with Crippen molar-refractivity contribution in [1.82, 2.24) is 0 Å². The second kappa shape index (κ2) is 5.61. The summed E-state index contributed by atoms with van der Waals surface area (Å²) in [4.78, 5) is 0. The average Bonchev–Trinajstić information content (AvgIpc) is 2.36. The Labute approximate surface area is 112 Å². The predicted octanol–water partition coefficient (Wildman–Crippen LogP) is 4.74.